The summed E-state index contributed by atoms with van der Waals surface area (Å²) < 4.78 is 11.9. The number of anilines is 2. The summed E-state index contributed by atoms with van der Waals surface area (Å²) in [4.78, 5) is 21.7. The Morgan fingerprint density at radius 2 is 1.85 bits per heavy atom. The zero-order chi connectivity index (χ0) is 23.5. The molecule has 1 N–H and O–H groups in total. The number of benzene rings is 2. The molecule has 0 radical (unpaired) electrons. The minimum Gasteiger partial charge on any atom is -0.490 e. The van der Waals surface area contributed by atoms with Gasteiger partial charge in [-0.3, -0.25) is 5.01 Å². The lowest BCUT2D eigenvalue weighted by molar-refractivity contribution is 0.0376. The first-order valence-corrected chi connectivity index (χ1v) is 11.7. The molecule has 0 unspecified atom stereocenters. The molecule has 2 aliphatic heterocycles. The lowest BCUT2D eigenvalue weighted by Crippen LogP contribution is -2.47. The highest BCUT2D eigenvalue weighted by Gasteiger charge is 2.26. The molecular weight excluding hydrogens is 434 g/mol. The van der Waals surface area contributed by atoms with Gasteiger partial charge in [-0.1, -0.05) is 12.1 Å². The molecular formula is C25H29N5O4. The van der Waals surface area contributed by atoms with Gasteiger partial charge in [-0.2, -0.15) is 0 Å². The largest absolute Gasteiger partial charge is 0.490 e. The first kappa shape index (κ1) is 22.4. The third kappa shape index (κ3) is 4.62. The molecule has 0 atom stereocenters. The highest BCUT2D eigenvalue weighted by molar-refractivity contribution is 5.91. The second kappa shape index (κ2) is 9.82. The van der Waals surface area contributed by atoms with Gasteiger partial charge in [0, 0.05) is 44.4 Å². The lowest BCUT2D eigenvalue weighted by Gasteiger charge is -2.38. The van der Waals surface area contributed by atoms with E-state index in [1.807, 2.05) is 37.3 Å². The molecule has 5 rings (SSSR count). The number of piperidine rings is 1. The molecule has 0 saturated carbocycles. The standard InChI is InChI=1S/C25H29N5O4/c1-18-16-19(6-7-23(18)34-20-8-10-28(11-9-20)25(31)32)30(29-12-14-33-15-13-29)24-21-4-2-3-5-22(21)26-17-27-24/h2-7,16-17,20H,8-15H2,1H3,(H,31,32). The van der Waals surface area contributed by atoms with E-state index in [0.29, 0.717) is 39.1 Å². The van der Waals surface area contributed by atoms with Gasteiger partial charge in [0.25, 0.3) is 0 Å². The Morgan fingerprint density at radius 3 is 2.59 bits per heavy atom. The van der Waals surface area contributed by atoms with E-state index in [-0.39, 0.29) is 6.10 Å². The summed E-state index contributed by atoms with van der Waals surface area (Å²) in [5.41, 5.74) is 2.92. The van der Waals surface area contributed by atoms with E-state index >= 15 is 0 Å². The average Bonchev–Trinajstić information content (AvgIpc) is 2.87. The zero-order valence-electron chi connectivity index (χ0n) is 19.3. The zero-order valence-corrected chi connectivity index (χ0v) is 19.3. The van der Waals surface area contributed by atoms with Crippen LogP contribution in [0.4, 0.5) is 16.3 Å². The van der Waals surface area contributed by atoms with Crippen LogP contribution in [0.1, 0.15) is 18.4 Å². The predicted molar refractivity (Wildman–Crippen MR) is 128 cm³/mol. The summed E-state index contributed by atoms with van der Waals surface area (Å²) in [7, 11) is 0. The second-order valence-corrected chi connectivity index (χ2v) is 8.63. The van der Waals surface area contributed by atoms with E-state index in [2.05, 4.69) is 32.1 Å². The van der Waals surface area contributed by atoms with Crippen LogP contribution < -0.4 is 9.75 Å². The van der Waals surface area contributed by atoms with Crippen molar-refractivity contribution in [1.82, 2.24) is 19.9 Å². The van der Waals surface area contributed by atoms with Crippen molar-refractivity contribution < 1.29 is 19.4 Å². The van der Waals surface area contributed by atoms with Gasteiger partial charge in [0.05, 0.1) is 24.4 Å². The first-order chi connectivity index (χ1) is 16.6. The number of morpholine rings is 1. The van der Waals surface area contributed by atoms with Crippen molar-refractivity contribution in [3.63, 3.8) is 0 Å². The minimum atomic E-state index is -0.862. The van der Waals surface area contributed by atoms with Crippen molar-refractivity contribution in [2.24, 2.45) is 0 Å². The maximum Gasteiger partial charge on any atom is 0.407 e. The van der Waals surface area contributed by atoms with Crippen molar-refractivity contribution >= 4 is 28.5 Å². The number of carbonyl (C=O) groups is 1. The number of hydrogen-bond acceptors (Lipinski definition) is 7. The monoisotopic (exact) mass is 463 g/mol. The van der Waals surface area contributed by atoms with E-state index in [4.69, 9.17) is 14.6 Å². The summed E-state index contributed by atoms with van der Waals surface area (Å²) in [5, 5.41) is 14.6. The fraction of sp³-hybridized carbons (Fsp3) is 0.400. The molecule has 34 heavy (non-hydrogen) atoms. The summed E-state index contributed by atoms with van der Waals surface area (Å²) in [6.45, 7) is 5.89. The van der Waals surface area contributed by atoms with Crippen LogP contribution in [0.25, 0.3) is 10.9 Å². The smallest absolute Gasteiger partial charge is 0.407 e. The Labute approximate surface area is 198 Å². The molecule has 2 saturated heterocycles. The molecule has 9 heteroatoms. The number of rotatable bonds is 5. The number of hydrazine groups is 1. The third-order valence-electron chi connectivity index (χ3n) is 6.40. The van der Waals surface area contributed by atoms with Crippen LogP contribution in [-0.2, 0) is 4.74 Å². The lowest BCUT2D eigenvalue weighted by atomic mass is 10.1. The van der Waals surface area contributed by atoms with E-state index in [1.165, 1.54) is 4.90 Å². The molecule has 3 aromatic rings. The number of fused-ring (bicyclic) bond motifs is 1. The van der Waals surface area contributed by atoms with E-state index < -0.39 is 6.09 Å². The van der Waals surface area contributed by atoms with Gasteiger partial charge in [-0.15, -0.1) is 0 Å². The SMILES string of the molecule is Cc1cc(N(c2ncnc3ccccc23)N2CCOCC2)ccc1OC1CCN(C(=O)O)CC1. The number of carboxylic acid groups (broad SMARTS) is 1. The summed E-state index contributed by atoms with van der Waals surface area (Å²) >= 11 is 0. The number of aryl methyl sites for hydroxylation is 1. The minimum absolute atomic E-state index is 0.0151. The molecule has 2 aliphatic rings. The first-order valence-electron chi connectivity index (χ1n) is 11.7. The van der Waals surface area contributed by atoms with Gasteiger partial charge < -0.3 is 19.5 Å². The molecule has 3 heterocycles. The van der Waals surface area contributed by atoms with E-state index in [0.717, 1.165) is 46.8 Å². The van der Waals surface area contributed by atoms with Crippen LogP contribution in [0.3, 0.4) is 0 Å². The number of ether oxygens (including phenoxy) is 2. The maximum absolute atomic E-state index is 11.2. The fourth-order valence-corrected chi connectivity index (χ4v) is 4.57. The second-order valence-electron chi connectivity index (χ2n) is 8.63. The topological polar surface area (TPSA) is 91.3 Å². The van der Waals surface area contributed by atoms with Crippen LogP contribution >= 0.6 is 0 Å². The third-order valence-corrected chi connectivity index (χ3v) is 6.40. The number of likely N-dealkylation sites (tertiary alicyclic amines) is 1. The quantitative estimate of drug-likeness (QED) is 0.610. The average molecular weight is 464 g/mol. The van der Waals surface area contributed by atoms with E-state index in [9.17, 15) is 4.79 Å². The molecule has 0 spiro atoms. The summed E-state index contributed by atoms with van der Waals surface area (Å²) in [6, 6.07) is 14.2. The molecule has 9 nitrogen and oxygen atoms in total. The molecule has 2 aromatic carbocycles. The van der Waals surface area contributed by atoms with Crippen LogP contribution in [0, 0.1) is 6.92 Å². The Balaban J connectivity index is 1.43. The van der Waals surface area contributed by atoms with Gasteiger partial charge >= 0.3 is 6.09 Å². The Bertz CT molecular complexity index is 1150. The van der Waals surface area contributed by atoms with Gasteiger partial charge in [-0.05, 0) is 42.8 Å². The van der Waals surface area contributed by atoms with Gasteiger partial charge in [0.1, 0.15) is 18.2 Å². The number of amides is 1. The highest BCUT2D eigenvalue weighted by Crippen LogP contribution is 2.34. The predicted octanol–water partition coefficient (Wildman–Crippen LogP) is 3.84. The number of para-hydroxylation sites is 1. The molecule has 2 fully saturated rings. The molecule has 0 bridgehead atoms. The van der Waals surface area contributed by atoms with Crippen LogP contribution in [-0.4, -0.2) is 76.6 Å². The van der Waals surface area contributed by atoms with Crippen molar-refractivity contribution in [3.8, 4) is 5.75 Å². The van der Waals surface area contributed by atoms with Gasteiger partial charge in [-0.25, -0.2) is 19.8 Å². The summed E-state index contributed by atoms with van der Waals surface area (Å²) in [6.07, 6.45) is 2.15. The Kier molecular flexibility index (Phi) is 6.46. The molecule has 1 amide bonds. The number of hydrogen-bond donors (Lipinski definition) is 1. The van der Waals surface area contributed by atoms with Crippen molar-refractivity contribution in [2.75, 3.05) is 44.4 Å². The van der Waals surface area contributed by atoms with Gasteiger partial charge in [0.15, 0.2) is 5.82 Å². The molecule has 1 aromatic heterocycles. The highest BCUT2D eigenvalue weighted by atomic mass is 16.5. The normalized spacial score (nSPS) is 17.6. The number of aromatic nitrogens is 2. The Morgan fingerprint density at radius 1 is 1.09 bits per heavy atom. The Hall–Kier alpha value is -3.43. The van der Waals surface area contributed by atoms with Crippen molar-refractivity contribution in [1.29, 1.82) is 0 Å². The molecule has 0 aliphatic carbocycles. The van der Waals surface area contributed by atoms with Crippen LogP contribution in [0.2, 0.25) is 0 Å². The molecule has 178 valence electrons. The van der Waals surface area contributed by atoms with E-state index in [1.54, 1.807) is 6.33 Å². The number of nitrogens with zero attached hydrogens (tertiary/aromatic N) is 5. The van der Waals surface area contributed by atoms with Crippen LogP contribution in [0.5, 0.6) is 5.75 Å². The van der Waals surface area contributed by atoms with Crippen LogP contribution in [0.15, 0.2) is 48.8 Å². The van der Waals surface area contributed by atoms with Gasteiger partial charge in [0.2, 0.25) is 0 Å². The van der Waals surface area contributed by atoms with Crippen molar-refractivity contribution in [3.05, 3.63) is 54.4 Å². The van der Waals surface area contributed by atoms with Crippen molar-refractivity contribution in [2.45, 2.75) is 25.9 Å². The fourth-order valence-electron chi connectivity index (χ4n) is 4.57. The summed E-state index contributed by atoms with van der Waals surface area (Å²) in [5.74, 6) is 1.66. The maximum atomic E-state index is 11.2.